The molecule has 0 unspecified atom stereocenters. The zero-order chi connectivity index (χ0) is 14.9. The SMILES string of the molecule is FC(F)(F)c1ccccc1-c1csc(C2CCNCC2)n1. The van der Waals surface area contributed by atoms with E-state index in [1.54, 1.807) is 11.4 Å². The molecule has 0 spiro atoms. The number of alkyl halides is 3. The van der Waals surface area contributed by atoms with Gasteiger partial charge in [-0.15, -0.1) is 11.3 Å². The van der Waals surface area contributed by atoms with Crippen LogP contribution in [0.4, 0.5) is 13.2 Å². The minimum atomic E-state index is -4.35. The minimum absolute atomic E-state index is 0.168. The van der Waals surface area contributed by atoms with Gasteiger partial charge in [0.05, 0.1) is 16.3 Å². The zero-order valence-corrected chi connectivity index (χ0v) is 12.1. The molecule has 0 amide bonds. The molecule has 0 atom stereocenters. The fourth-order valence-electron chi connectivity index (χ4n) is 2.62. The molecule has 1 saturated heterocycles. The molecule has 1 aliphatic heterocycles. The van der Waals surface area contributed by atoms with E-state index < -0.39 is 11.7 Å². The Bertz CT molecular complexity index is 615. The largest absolute Gasteiger partial charge is 0.417 e. The molecule has 3 rings (SSSR count). The van der Waals surface area contributed by atoms with Crippen LogP contribution in [0.5, 0.6) is 0 Å². The first-order valence-corrected chi connectivity index (χ1v) is 7.76. The summed E-state index contributed by atoms with van der Waals surface area (Å²) in [6.07, 6.45) is -2.36. The van der Waals surface area contributed by atoms with Crippen LogP contribution in [-0.4, -0.2) is 18.1 Å². The Morgan fingerprint density at radius 2 is 1.86 bits per heavy atom. The van der Waals surface area contributed by atoms with Gasteiger partial charge in [-0.1, -0.05) is 18.2 Å². The average molecular weight is 312 g/mol. The summed E-state index contributed by atoms with van der Waals surface area (Å²) in [6, 6.07) is 5.63. The van der Waals surface area contributed by atoms with Crippen LogP contribution in [0.1, 0.15) is 29.3 Å². The maximum atomic E-state index is 13.1. The van der Waals surface area contributed by atoms with Crippen LogP contribution in [-0.2, 0) is 6.18 Å². The van der Waals surface area contributed by atoms with Crippen molar-refractivity contribution in [2.24, 2.45) is 0 Å². The third kappa shape index (κ3) is 3.11. The molecule has 1 aromatic heterocycles. The van der Waals surface area contributed by atoms with Crippen LogP contribution in [0.15, 0.2) is 29.6 Å². The molecule has 1 aromatic carbocycles. The summed E-state index contributed by atoms with van der Waals surface area (Å²) < 4.78 is 39.2. The molecule has 2 heterocycles. The maximum Gasteiger partial charge on any atom is 0.417 e. The molecule has 1 aliphatic rings. The monoisotopic (exact) mass is 312 g/mol. The summed E-state index contributed by atoms with van der Waals surface area (Å²) in [5.41, 5.74) is -0.0185. The number of hydrogen-bond acceptors (Lipinski definition) is 3. The van der Waals surface area contributed by atoms with E-state index in [1.165, 1.54) is 23.5 Å². The smallest absolute Gasteiger partial charge is 0.317 e. The number of thiazole rings is 1. The Labute approximate surface area is 125 Å². The summed E-state index contributed by atoms with van der Waals surface area (Å²) in [5, 5.41) is 5.97. The van der Waals surface area contributed by atoms with Crippen molar-refractivity contribution in [1.82, 2.24) is 10.3 Å². The van der Waals surface area contributed by atoms with Gasteiger partial charge in [-0.25, -0.2) is 4.98 Å². The summed E-state index contributed by atoms with van der Waals surface area (Å²) in [7, 11) is 0. The van der Waals surface area contributed by atoms with Crippen molar-refractivity contribution >= 4 is 11.3 Å². The summed E-state index contributed by atoms with van der Waals surface area (Å²) in [4.78, 5) is 4.47. The number of hydrogen-bond donors (Lipinski definition) is 1. The van der Waals surface area contributed by atoms with Crippen molar-refractivity contribution in [1.29, 1.82) is 0 Å². The van der Waals surface area contributed by atoms with Crippen molar-refractivity contribution in [2.75, 3.05) is 13.1 Å². The maximum absolute atomic E-state index is 13.1. The molecule has 112 valence electrons. The normalized spacial score (nSPS) is 17.1. The first kappa shape index (κ1) is 14.5. The van der Waals surface area contributed by atoms with Crippen molar-refractivity contribution in [3.63, 3.8) is 0 Å². The van der Waals surface area contributed by atoms with Gasteiger partial charge in [0, 0.05) is 16.9 Å². The first-order chi connectivity index (χ1) is 10.1. The highest BCUT2D eigenvalue weighted by Crippen LogP contribution is 2.38. The van der Waals surface area contributed by atoms with Crippen LogP contribution in [0.2, 0.25) is 0 Å². The van der Waals surface area contributed by atoms with E-state index in [2.05, 4.69) is 10.3 Å². The van der Waals surface area contributed by atoms with E-state index >= 15 is 0 Å². The molecule has 21 heavy (non-hydrogen) atoms. The van der Waals surface area contributed by atoms with Crippen LogP contribution < -0.4 is 5.32 Å². The van der Waals surface area contributed by atoms with Crippen molar-refractivity contribution in [3.05, 3.63) is 40.2 Å². The summed E-state index contributed by atoms with van der Waals surface area (Å²) >= 11 is 1.46. The lowest BCUT2D eigenvalue weighted by Gasteiger charge is -2.20. The molecule has 2 nitrogen and oxygen atoms in total. The number of rotatable bonds is 2. The fourth-order valence-corrected chi connectivity index (χ4v) is 3.61. The highest BCUT2D eigenvalue weighted by atomic mass is 32.1. The van der Waals surface area contributed by atoms with E-state index in [9.17, 15) is 13.2 Å². The molecule has 2 aromatic rings. The predicted octanol–water partition coefficient (Wildman–Crippen LogP) is 4.30. The number of benzene rings is 1. The molecule has 6 heteroatoms. The van der Waals surface area contributed by atoms with Gasteiger partial charge in [0.15, 0.2) is 0 Å². The molecular weight excluding hydrogens is 297 g/mol. The highest BCUT2D eigenvalue weighted by Gasteiger charge is 2.34. The zero-order valence-electron chi connectivity index (χ0n) is 11.3. The lowest BCUT2D eigenvalue weighted by Crippen LogP contribution is -2.26. The third-order valence-electron chi connectivity index (χ3n) is 3.72. The lowest BCUT2D eigenvalue weighted by atomic mass is 9.99. The van der Waals surface area contributed by atoms with E-state index in [4.69, 9.17) is 0 Å². The van der Waals surface area contributed by atoms with Crippen LogP contribution in [0, 0.1) is 0 Å². The van der Waals surface area contributed by atoms with Crippen LogP contribution in [0.3, 0.4) is 0 Å². The van der Waals surface area contributed by atoms with Crippen molar-refractivity contribution in [2.45, 2.75) is 24.9 Å². The Morgan fingerprint density at radius 3 is 2.57 bits per heavy atom. The molecule has 1 N–H and O–H groups in total. The number of piperidine rings is 1. The minimum Gasteiger partial charge on any atom is -0.317 e. The molecular formula is C15H15F3N2S. The van der Waals surface area contributed by atoms with E-state index in [1.807, 2.05) is 0 Å². The van der Waals surface area contributed by atoms with Gasteiger partial charge in [-0.05, 0) is 32.0 Å². The Balaban J connectivity index is 1.93. The second-order valence-corrected chi connectivity index (χ2v) is 6.03. The Kier molecular flexibility index (Phi) is 3.99. The van der Waals surface area contributed by atoms with Gasteiger partial charge in [-0.3, -0.25) is 0 Å². The van der Waals surface area contributed by atoms with Crippen molar-refractivity contribution < 1.29 is 13.2 Å². The van der Waals surface area contributed by atoms with E-state index in [0.717, 1.165) is 37.0 Å². The second-order valence-electron chi connectivity index (χ2n) is 5.14. The second kappa shape index (κ2) is 5.77. The molecule has 0 bridgehead atoms. The van der Waals surface area contributed by atoms with E-state index in [0.29, 0.717) is 11.6 Å². The molecule has 0 saturated carbocycles. The van der Waals surface area contributed by atoms with Gasteiger partial charge in [0.25, 0.3) is 0 Å². The Morgan fingerprint density at radius 1 is 1.14 bits per heavy atom. The fraction of sp³-hybridized carbons (Fsp3) is 0.400. The summed E-state index contributed by atoms with van der Waals surface area (Å²) in [6.45, 7) is 1.89. The third-order valence-corrected chi connectivity index (χ3v) is 4.73. The molecule has 1 fully saturated rings. The number of aromatic nitrogens is 1. The molecule has 0 radical (unpaired) electrons. The predicted molar refractivity (Wildman–Crippen MR) is 77.4 cm³/mol. The molecule has 0 aliphatic carbocycles. The highest BCUT2D eigenvalue weighted by molar-refractivity contribution is 7.10. The van der Waals surface area contributed by atoms with Gasteiger partial charge in [0.2, 0.25) is 0 Å². The lowest BCUT2D eigenvalue weighted by molar-refractivity contribution is -0.137. The van der Waals surface area contributed by atoms with Gasteiger partial charge in [0.1, 0.15) is 0 Å². The Hall–Kier alpha value is -1.40. The number of nitrogens with one attached hydrogen (secondary N) is 1. The van der Waals surface area contributed by atoms with Crippen LogP contribution in [0.25, 0.3) is 11.3 Å². The van der Waals surface area contributed by atoms with Gasteiger partial charge < -0.3 is 5.32 Å². The van der Waals surface area contributed by atoms with Crippen LogP contribution >= 0.6 is 11.3 Å². The topological polar surface area (TPSA) is 24.9 Å². The number of halogens is 3. The van der Waals surface area contributed by atoms with Gasteiger partial charge in [-0.2, -0.15) is 13.2 Å². The van der Waals surface area contributed by atoms with E-state index in [-0.39, 0.29) is 5.56 Å². The van der Waals surface area contributed by atoms with Gasteiger partial charge >= 0.3 is 6.18 Å². The first-order valence-electron chi connectivity index (χ1n) is 6.88. The number of nitrogens with zero attached hydrogens (tertiary/aromatic N) is 1. The average Bonchev–Trinajstić information content (AvgIpc) is 2.97. The quantitative estimate of drug-likeness (QED) is 0.894. The standard InChI is InChI=1S/C15H15F3N2S/c16-15(17,18)12-4-2-1-3-11(12)13-9-21-14(20-13)10-5-7-19-8-6-10/h1-4,9-10,19H,5-8H2. The summed E-state index contributed by atoms with van der Waals surface area (Å²) in [5.74, 6) is 0.364. The van der Waals surface area contributed by atoms with Crippen molar-refractivity contribution in [3.8, 4) is 11.3 Å².